The summed E-state index contributed by atoms with van der Waals surface area (Å²) in [7, 11) is 0. The van der Waals surface area contributed by atoms with Crippen LogP contribution in [0.25, 0.3) is 11.1 Å². The Kier molecular flexibility index (Phi) is 4.27. The lowest BCUT2D eigenvalue weighted by Crippen LogP contribution is -2.31. The van der Waals surface area contributed by atoms with Crippen LogP contribution in [0.3, 0.4) is 0 Å². The van der Waals surface area contributed by atoms with E-state index in [0.29, 0.717) is 11.1 Å². The van der Waals surface area contributed by atoms with E-state index in [1.54, 1.807) is 36.4 Å². The smallest absolute Gasteiger partial charge is 0.253 e. The van der Waals surface area contributed by atoms with Crippen LogP contribution in [-0.4, -0.2) is 23.5 Å². The zero-order chi connectivity index (χ0) is 14.5. The fraction of sp³-hybridized carbons (Fsp3) is 0.125. The number of benzene rings is 2. The third-order valence-corrected chi connectivity index (χ3v) is 2.89. The summed E-state index contributed by atoms with van der Waals surface area (Å²) in [5.41, 5.74) is 2.75. The van der Waals surface area contributed by atoms with Crippen LogP contribution in [-0.2, 0) is 0 Å². The molecule has 2 aromatic carbocycles. The Bertz CT molecular complexity index is 618. The Labute approximate surface area is 117 Å². The fourth-order valence-corrected chi connectivity index (χ4v) is 1.94. The maximum absolute atomic E-state index is 11.7. The van der Waals surface area contributed by atoms with E-state index in [0.717, 1.165) is 17.4 Å². The predicted molar refractivity (Wildman–Crippen MR) is 76.4 cm³/mol. The van der Waals surface area contributed by atoms with Gasteiger partial charge in [-0.15, -0.1) is 0 Å². The first-order valence-electron chi connectivity index (χ1n) is 6.25. The molecule has 1 unspecified atom stereocenters. The highest BCUT2D eigenvalue weighted by atomic mass is 16.3. The molecule has 1 atom stereocenters. The number of aliphatic hydroxyl groups excluding tert-OH is 1. The molecule has 1 amide bonds. The molecule has 0 aromatic heterocycles. The third kappa shape index (κ3) is 3.10. The number of amides is 1. The molecule has 0 spiro atoms. The van der Waals surface area contributed by atoms with Gasteiger partial charge in [0, 0.05) is 11.1 Å². The highest BCUT2D eigenvalue weighted by Crippen LogP contribution is 2.22. The molecule has 0 heterocycles. The van der Waals surface area contributed by atoms with Crippen LogP contribution in [0.15, 0.2) is 48.5 Å². The van der Waals surface area contributed by atoms with Gasteiger partial charge in [-0.3, -0.25) is 9.59 Å². The zero-order valence-electron chi connectivity index (χ0n) is 11.0. The van der Waals surface area contributed by atoms with Gasteiger partial charge in [0.1, 0.15) is 6.23 Å². The summed E-state index contributed by atoms with van der Waals surface area (Å²) in [6, 6.07) is 14.1. The van der Waals surface area contributed by atoms with E-state index in [2.05, 4.69) is 5.32 Å². The van der Waals surface area contributed by atoms with Crippen molar-refractivity contribution in [2.24, 2.45) is 0 Å². The van der Waals surface area contributed by atoms with Gasteiger partial charge in [0.05, 0.1) is 0 Å². The van der Waals surface area contributed by atoms with Crippen LogP contribution in [0.4, 0.5) is 0 Å². The van der Waals surface area contributed by atoms with E-state index in [9.17, 15) is 9.59 Å². The summed E-state index contributed by atoms with van der Waals surface area (Å²) in [5, 5.41) is 11.5. The van der Waals surface area contributed by atoms with Gasteiger partial charge in [0.25, 0.3) is 5.91 Å². The minimum Gasteiger partial charge on any atom is -0.374 e. The Balaban J connectivity index is 2.28. The Hall–Kier alpha value is -2.46. The molecular formula is C16H15NO3. The molecule has 102 valence electrons. The molecule has 0 bridgehead atoms. The first-order valence-corrected chi connectivity index (χ1v) is 6.25. The molecule has 4 nitrogen and oxygen atoms in total. The average molecular weight is 269 g/mol. The van der Waals surface area contributed by atoms with Crippen LogP contribution >= 0.6 is 0 Å². The minimum atomic E-state index is -0.891. The van der Waals surface area contributed by atoms with Gasteiger partial charge < -0.3 is 10.4 Å². The van der Waals surface area contributed by atoms with Crippen molar-refractivity contribution in [2.75, 3.05) is 0 Å². The van der Waals surface area contributed by atoms with Gasteiger partial charge in [0.2, 0.25) is 0 Å². The maximum atomic E-state index is 11.7. The Morgan fingerprint density at radius 3 is 2.40 bits per heavy atom. The van der Waals surface area contributed by atoms with E-state index in [1.165, 1.54) is 6.92 Å². The zero-order valence-corrected chi connectivity index (χ0v) is 11.0. The van der Waals surface area contributed by atoms with Crippen molar-refractivity contribution < 1.29 is 14.7 Å². The maximum Gasteiger partial charge on any atom is 0.253 e. The molecule has 0 aliphatic heterocycles. The van der Waals surface area contributed by atoms with Crippen LogP contribution < -0.4 is 5.32 Å². The fourth-order valence-electron chi connectivity index (χ4n) is 1.94. The minimum absolute atomic E-state index is 0.338. The van der Waals surface area contributed by atoms with Gasteiger partial charge in [-0.05, 0) is 30.2 Å². The highest BCUT2D eigenvalue weighted by Gasteiger charge is 2.08. The summed E-state index contributed by atoms with van der Waals surface area (Å²) in [5.74, 6) is -0.338. The first-order chi connectivity index (χ1) is 9.61. The molecule has 2 rings (SSSR count). The van der Waals surface area contributed by atoms with Gasteiger partial charge in [-0.25, -0.2) is 0 Å². The lowest BCUT2D eigenvalue weighted by atomic mass is 9.99. The standard InChI is InChI=1S/C16H15NO3/c1-11(19)17-16(20)13-8-6-12(7-9-13)15-5-3-2-4-14(15)10-18/h2-11,19H,1H3,(H,17,20). The van der Waals surface area contributed by atoms with Crippen molar-refractivity contribution in [1.29, 1.82) is 0 Å². The second-order valence-corrected chi connectivity index (χ2v) is 4.43. The molecule has 0 aliphatic rings. The van der Waals surface area contributed by atoms with Crippen LogP contribution in [0.5, 0.6) is 0 Å². The molecular weight excluding hydrogens is 254 g/mol. The monoisotopic (exact) mass is 269 g/mol. The number of carbonyl (C=O) groups is 2. The van der Waals surface area contributed by atoms with Gasteiger partial charge in [-0.1, -0.05) is 36.4 Å². The molecule has 0 saturated carbocycles. The van der Waals surface area contributed by atoms with Crippen LogP contribution in [0, 0.1) is 0 Å². The van der Waals surface area contributed by atoms with Crippen LogP contribution in [0.2, 0.25) is 0 Å². The lowest BCUT2D eigenvalue weighted by molar-refractivity contribution is 0.0818. The number of aldehydes is 1. The van der Waals surface area contributed by atoms with Crippen molar-refractivity contribution in [3.05, 3.63) is 59.7 Å². The van der Waals surface area contributed by atoms with Crippen LogP contribution in [0.1, 0.15) is 27.6 Å². The van der Waals surface area contributed by atoms with Gasteiger partial charge in [0.15, 0.2) is 6.29 Å². The lowest BCUT2D eigenvalue weighted by Gasteiger charge is -2.09. The second kappa shape index (κ2) is 6.12. The second-order valence-electron chi connectivity index (χ2n) is 4.43. The van der Waals surface area contributed by atoms with E-state index in [-0.39, 0.29) is 5.91 Å². The normalized spacial score (nSPS) is 11.7. The topological polar surface area (TPSA) is 66.4 Å². The third-order valence-electron chi connectivity index (χ3n) is 2.89. The summed E-state index contributed by atoms with van der Waals surface area (Å²) < 4.78 is 0. The number of nitrogens with one attached hydrogen (secondary N) is 1. The summed E-state index contributed by atoms with van der Waals surface area (Å²) >= 11 is 0. The van der Waals surface area contributed by atoms with E-state index in [4.69, 9.17) is 5.11 Å². The van der Waals surface area contributed by atoms with Crippen molar-refractivity contribution in [1.82, 2.24) is 5.32 Å². The molecule has 0 aliphatic carbocycles. The Morgan fingerprint density at radius 2 is 1.80 bits per heavy atom. The molecule has 0 fully saturated rings. The predicted octanol–water partition coefficient (Wildman–Crippen LogP) is 2.23. The SMILES string of the molecule is CC(O)NC(=O)c1ccc(-c2ccccc2C=O)cc1. The van der Waals surface area contributed by atoms with E-state index < -0.39 is 6.23 Å². The molecule has 4 heteroatoms. The number of rotatable bonds is 4. The number of aliphatic hydroxyl groups is 1. The summed E-state index contributed by atoms with van der Waals surface area (Å²) in [4.78, 5) is 22.7. The quantitative estimate of drug-likeness (QED) is 0.660. The number of carbonyl (C=O) groups excluding carboxylic acids is 2. The molecule has 20 heavy (non-hydrogen) atoms. The first kappa shape index (κ1) is 14.0. The molecule has 0 radical (unpaired) electrons. The van der Waals surface area contributed by atoms with E-state index >= 15 is 0 Å². The molecule has 0 saturated heterocycles. The van der Waals surface area contributed by atoms with Crippen molar-refractivity contribution in [2.45, 2.75) is 13.2 Å². The molecule has 2 N–H and O–H groups in total. The van der Waals surface area contributed by atoms with Gasteiger partial charge >= 0.3 is 0 Å². The average Bonchev–Trinajstić information content (AvgIpc) is 2.46. The van der Waals surface area contributed by atoms with Crippen molar-refractivity contribution >= 4 is 12.2 Å². The van der Waals surface area contributed by atoms with Crippen molar-refractivity contribution in [3.63, 3.8) is 0 Å². The molecule has 2 aromatic rings. The number of hydrogen-bond acceptors (Lipinski definition) is 3. The largest absolute Gasteiger partial charge is 0.374 e. The highest BCUT2D eigenvalue weighted by molar-refractivity contribution is 5.95. The van der Waals surface area contributed by atoms with Crippen molar-refractivity contribution in [3.8, 4) is 11.1 Å². The van der Waals surface area contributed by atoms with E-state index in [1.807, 2.05) is 12.1 Å². The summed E-state index contributed by atoms with van der Waals surface area (Å²) in [6.07, 6.45) is -0.0819. The Morgan fingerprint density at radius 1 is 1.15 bits per heavy atom. The summed E-state index contributed by atoms with van der Waals surface area (Å²) in [6.45, 7) is 1.48. The number of hydrogen-bond donors (Lipinski definition) is 2. The van der Waals surface area contributed by atoms with Gasteiger partial charge in [-0.2, -0.15) is 0 Å².